The molecule has 128 valence electrons. The van der Waals surface area contributed by atoms with Crippen LogP contribution in [0.4, 0.5) is 5.69 Å². The van der Waals surface area contributed by atoms with E-state index in [0.717, 1.165) is 55.6 Å². The van der Waals surface area contributed by atoms with E-state index in [9.17, 15) is 4.79 Å². The van der Waals surface area contributed by atoms with E-state index in [0.29, 0.717) is 0 Å². The molecule has 0 aliphatic carbocycles. The summed E-state index contributed by atoms with van der Waals surface area (Å²) in [5, 5.41) is 0. The summed E-state index contributed by atoms with van der Waals surface area (Å²) in [5.41, 5.74) is 7.44. The van der Waals surface area contributed by atoms with Gasteiger partial charge in [-0.1, -0.05) is 39.2 Å². The minimum Gasteiger partial charge on any atom is -0.476 e. The molecule has 0 spiro atoms. The molecule has 0 saturated heterocycles. The molecule has 1 aliphatic heterocycles. The first-order valence-corrected chi connectivity index (χ1v) is 8.81. The van der Waals surface area contributed by atoms with Gasteiger partial charge in [-0.25, -0.2) is 0 Å². The van der Waals surface area contributed by atoms with Crippen molar-refractivity contribution < 1.29 is 9.53 Å². The molecular formula is C19H30N2O2. The fraction of sp³-hybridized carbons (Fsp3) is 0.632. The quantitative estimate of drug-likeness (QED) is 0.820. The zero-order valence-corrected chi connectivity index (χ0v) is 14.9. The van der Waals surface area contributed by atoms with Crippen LogP contribution < -0.4 is 15.4 Å². The van der Waals surface area contributed by atoms with Gasteiger partial charge in [0.1, 0.15) is 5.75 Å². The van der Waals surface area contributed by atoms with E-state index < -0.39 is 5.60 Å². The Bertz CT molecular complexity index is 554. The second-order valence-electron chi connectivity index (χ2n) is 6.90. The number of unbranched alkanes of at least 4 members (excludes halogenated alkanes) is 2. The van der Waals surface area contributed by atoms with Gasteiger partial charge in [0.2, 0.25) is 0 Å². The van der Waals surface area contributed by atoms with Gasteiger partial charge in [-0.3, -0.25) is 4.79 Å². The third kappa shape index (κ3) is 3.86. The van der Waals surface area contributed by atoms with Crippen molar-refractivity contribution in [2.24, 2.45) is 5.73 Å². The number of anilines is 1. The molecule has 1 atom stereocenters. The number of benzene rings is 1. The molecule has 1 unspecified atom stereocenters. The van der Waals surface area contributed by atoms with Crippen molar-refractivity contribution in [2.45, 2.75) is 71.4 Å². The monoisotopic (exact) mass is 318 g/mol. The molecule has 2 N–H and O–H groups in total. The van der Waals surface area contributed by atoms with Gasteiger partial charge in [0, 0.05) is 12.6 Å². The largest absolute Gasteiger partial charge is 0.476 e. The fourth-order valence-corrected chi connectivity index (χ4v) is 2.94. The smallest absolute Gasteiger partial charge is 0.270 e. The number of carbonyl (C=O) groups excluding carboxylic acids is 1. The van der Waals surface area contributed by atoms with Gasteiger partial charge in [0.05, 0.1) is 5.69 Å². The van der Waals surface area contributed by atoms with Gasteiger partial charge in [-0.05, 0) is 44.4 Å². The van der Waals surface area contributed by atoms with Crippen molar-refractivity contribution in [1.29, 1.82) is 0 Å². The number of carbonyl (C=O) groups is 1. The van der Waals surface area contributed by atoms with Crippen LogP contribution in [0.5, 0.6) is 5.75 Å². The van der Waals surface area contributed by atoms with Crippen LogP contribution in [-0.2, 0) is 4.79 Å². The maximum absolute atomic E-state index is 12.7. The summed E-state index contributed by atoms with van der Waals surface area (Å²) in [4.78, 5) is 14.6. The van der Waals surface area contributed by atoms with E-state index in [1.54, 1.807) is 0 Å². The van der Waals surface area contributed by atoms with E-state index in [-0.39, 0.29) is 11.9 Å². The Hall–Kier alpha value is -1.55. The number of nitrogens with two attached hydrogens (primary N) is 1. The molecule has 1 aliphatic rings. The zero-order chi connectivity index (χ0) is 17.0. The lowest BCUT2D eigenvalue weighted by Gasteiger charge is -2.39. The number of hydrogen-bond acceptors (Lipinski definition) is 3. The normalized spacial score (nSPS) is 17.6. The van der Waals surface area contributed by atoms with Crippen molar-refractivity contribution >= 4 is 11.6 Å². The highest BCUT2D eigenvalue weighted by molar-refractivity contribution is 6.02. The Morgan fingerprint density at radius 2 is 1.91 bits per heavy atom. The van der Waals surface area contributed by atoms with Crippen LogP contribution in [0.25, 0.3) is 0 Å². The van der Waals surface area contributed by atoms with Crippen LogP contribution in [0.2, 0.25) is 0 Å². The summed E-state index contributed by atoms with van der Waals surface area (Å²) >= 11 is 0. The van der Waals surface area contributed by atoms with Crippen molar-refractivity contribution in [3.8, 4) is 5.75 Å². The van der Waals surface area contributed by atoms with Crippen LogP contribution in [-0.4, -0.2) is 18.1 Å². The first kappa shape index (κ1) is 17.8. The minimum atomic E-state index is -0.813. The highest BCUT2D eigenvalue weighted by Gasteiger charge is 2.40. The van der Waals surface area contributed by atoms with Crippen molar-refractivity contribution in [2.75, 3.05) is 11.4 Å². The summed E-state index contributed by atoms with van der Waals surface area (Å²) in [6.45, 7) is 8.69. The Kier molecular flexibility index (Phi) is 5.69. The third-order valence-corrected chi connectivity index (χ3v) is 4.43. The van der Waals surface area contributed by atoms with E-state index >= 15 is 0 Å². The Labute approximate surface area is 140 Å². The van der Waals surface area contributed by atoms with Crippen molar-refractivity contribution in [1.82, 2.24) is 0 Å². The van der Waals surface area contributed by atoms with E-state index in [2.05, 4.69) is 13.8 Å². The van der Waals surface area contributed by atoms with Crippen LogP contribution in [0.15, 0.2) is 18.2 Å². The van der Waals surface area contributed by atoms with Gasteiger partial charge in [0.25, 0.3) is 5.91 Å². The van der Waals surface area contributed by atoms with Gasteiger partial charge in [-0.15, -0.1) is 0 Å². The first-order chi connectivity index (χ1) is 10.9. The Morgan fingerprint density at radius 1 is 1.22 bits per heavy atom. The molecule has 0 saturated carbocycles. The molecule has 1 amide bonds. The number of hydrogen-bond donors (Lipinski definition) is 1. The highest BCUT2D eigenvalue weighted by Crippen LogP contribution is 2.39. The van der Waals surface area contributed by atoms with E-state index in [1.165, 1.54) is 0 Å². The molecule has 1 aromatic rings. The molecule has 1 heterocycles. The Morgan fingerprint density at radius 3 is 2.57 bits per heavy atom. The summed E-state index contributed by atoms with van der Waals surface area (Å²) < 4.78 is 5.93. The van der Waals surface area contributed by atoms with E-state index in [1.807, 2.05) is 36.9 Å². The van der Waals surface area contributed by atoms with Crippen LogP contribution in [0.1, 0.15) is 71.4 Å². The zero-order valence-electron chi connectivity index (χ0n) is 14.9. The van der Waals surface area contributed by atoms with Gasteiger partial charge < -0.3 is 15.4 Å². The summed E-state index contributed by atoms with van der Waals surface area (Å²) in [5.74, 6) is 0.801. The van der Waals surface area contributed by atoms with E-state index in [4.69, 9.17) is 10.5 Å². The molecule has 0 fully saturated rings. The second-order valence-corrected chi connectivity index (χ2v) is 6.90. The average molecular weight is 318 g/mol. The molecule has 4 nitrogen and oxygen atoms in total. The average Bonchev–Trinajstić information content (AvgIpc) is 2.52. The first-order valence-electron chi connectivity index (χ1n) is 8.81. The number of fused-ring (bicyclic) bond motifs is 1. The molecule has 2 rings (SSSR count). The van der Waals surface area contributed by atoms with Crippen molar-refractivity contribution in [3.05, 3.63) is 23.8 Å². The Balaban J connectivity index is 2.34. The van der Waals surface area contributed by atoms with Gasteiger partial charge in [-0.2, -0.15) is 0 Å². The molecule has 0 bridgehead atoms. The van der Waals surface area contributed by atoms with Crippen molar-refractivity contribution in [3.63, 3.8) is 0 Å². The summed E-state index contributed by atoms with van der Waals surface area (Å²) in [7, 11) is 0. The molecule has 4 heteroatoms. The number of rotatable bonds is 7. The highest BCUT2D eigenvalue weighted by atomic mass is 16.5. The number of nitrogens with zero attached hydrogens (tertiary/aromatic N) is 1. The predicted octanol–water partition coefficient (Wildman–Crippen LogP) is 4.18. The third-order valence-electron chi connectivity index (χ3n) is 4.43. The molecule has 0 radical (unpaired) electrons. The lowest BCUT2D eigenvalue weighted by atomic mass is 9.98. The van der Waals surface area contributed by atoms with Gasteiger partial charge in [0.15, 0.2) is 5.60 Å². The topological polar surface area (TPSA) is 55.6 Å². The SMILES string of the molecule is CCCCC(N)c1ccc2c(c1)N(CCCC)C(=O)C(C)(C)O2. The number of ether oxygens (including phenoxy) is 1. The lowest BCUT2D eigenvalue weighted by Crippen LogP contribution is -2.52. The molecular weight excluding hydrogens is 288 g/mol. The van der Waals surface area contributed by atoms with Crippen LogP contribution >= 0.6 is 0 Å². The van der Waals surface area contributed by atoms with Crippen LogP contribution in [0.3, 0.4) is 0 Å². The number of amides is 1. The fourth-order valence-electron chi connectivity index (χ4n) is 2.94. The maximum atomic E-state index is 12.7. The van der Waals surface area contributed by atoms with Crippen LogP contribution in [0, 0.1) is 0 Å². The minimum absolute atomic E-state index is 0.0123. The maximum Gasteiger partial charge on any atom is 0.270 e. The summed E-state index contributed by atoms with van der Waals surface area (Å²) in [6, 6.07) is 6.05. The predicted molar refractivity (Wildman–Crippen MR) is 94.9 cm³/mol. The second kappa shape index (κ2) is 7.35. The van der Waals surface area contributed by atoms with Gasteiger partial charge >= 0.3 is 0 Å². The summed E-state index contributed by atoms with van der Waals surface area (Å²) in [6.07, 6.45) is 5.24. The molecule has 0 aromatic heterocycles. The molecule has 1 aromatic carbocycles. The standard InChI is InChI=1S/C19H30N2O2/c1-5-7-9-15(20)14-10-11-17-16(13-14)21(12-8-6-2)18(22)19(3,4)23-17/h10-11,13,15H,5-9,12,20H2,1-4H3. The lowest BCUT2D eigenvalue weighted by molar-refractivity contribution is -0.132. The molecule has 23 heavy (non-hydrogen) atoms.